The van der Waals surface area contributed by atoms with Crippen LogP contribution in [-0.4, -0.2) is 28.1 Å². The van der Waals surface area contributed by atoms with Gasteiger partial charge >= 0.3 is 0 Å². The van der Waals surface area contributed by atoms with Gasteiger partial charge in [-0.1, -0.05) is 86.5 Å². The summed E-state index contributed by atoms with van der Waals surface area (Å²) in [6.07, 6.45) is 4.84. The van der Waals surface area contributed by atoms with Gasteiger partial charge < -0.3 is 4.90 Å². The lowest BCUT2D eigenvalue weighted by atomic mass is 9.96. The SMILES string of the molecule is CN(CCCc1ccc(C2CC(Br)C(Br)C2)cc1)Cc1ccccc1. The van der Waals surface area contributed by atoms with Gasteiger partial charge in [-0.25, -0.2) is 0 Å². The van der Waals surface area contributed by atoms with Crippen LogP contribution in [0.1, 0.15) is 41.9 Å². The van der Waals surface area contributed by atoms with Crippen molar-refractivity contribution in [3.8, 4) is 0 Å². The van der Waals surface area contributed by atoms with Crippen LogP contribution in [0.3, 0.4) is 0 Å². The third kappa shape index (κ3) is 5.67. The van der Waals surface area contributed by atoms with E-state index >= 15 is 0 Å². The third-order valence-corrected chi connectivity index (χ3v) is 7.90. The van der Waals surface area contributed by atoms with Gasteiger partial charge in [0.1, 0.15) is 0 Å². The van der Waals surface area contributed by atoms with Crippen molar-refractivity contribution in [3.63, 3.8) is 0 Å². The maximum atomic E-state index is 3.78. The maximum Gasteiger partial charge on any atom is 0.0277 e. The van der Waals surface area contributed by atoms with E-state index in [1.807, 2.05) is 0 Å². The summed E-state index contributed by atoms with van der Waals surface area (Å²) in [7, 11) is 2.21. The van der Waals surface area contributed by atoms with Crippen molar-refractivity contribution in [1.29, 1.82) is 0 Å². The molecule has 1 nitrogen and oxygen atoms in total. The normalized spacial score (nSPS) is 23.3. The van der Waals surface area contributed by atoms with Crippen molar-refractivity contribution in [3.05, 3.63) is 71.3 Å². The van der Waals surface area contributed by atoms with Crippen LogP contribution in [0.25, 0.3) is 0 Å². The topological polar surface area (TPSA) is 3.24 Å². The van der Waals surface area contributed by atoms with E-state index in [1.54, 1.807) is 0 Å². The van der Waals surface area contributed by atoms with Crippen LogP contribution in [0.15, 0.2) is 54.6 Å². The monoisotopic (exact) mass is 463 g/mol. The Hall–Kier alpha value is -0.640. The lowest BCUT2D eigenvalue weighted by Gasteiger charge is -2.16. The summed E-state index contributed by atoms with van der Waals surface area (Å²) in [6.45, 7) is 2.17. The second kappa shape index (κ2) is 9.34. The van der Waals surface area contributed by atoms with Crippen molar-refractivity contribution in [1.82, 2.24) is 4.90 Å². The Labute approximate surface area is 169 Å². The average Bonchev–Trinajstić information content (AvgIpc) is 2.95. The molecule has 0 heterocycles. The highest BCUT2D eigenvalue weighted by Gasteiger charge is 2.31. The maximum absolute atomic E-state index is 3.78. The Kier molecular flexibility index (Phi) is 7.15. The molecule has 0 aliphatic heterocycles. The van der Waals surface area contributed by atoms with E-state index in [9.17, 15) is 0 Å². The van der Waals surface area contributed by atoms with Gasteiger partial charge in [0.25, 0.3) is 0 Å². The van der Waals surface area contributed by atoms with Crippen molar-refractivity contribution >= 4 is 31.9 Å². The molecular weight excluding hydrogens is 438 g/mol. The highest BCUT2D eigenvalue weighted by Crippen LogP contribution is 2.41. The number of nitrogens with zero attached hydrogens (tertiary/aromatic N) is 1. The van der Waals surface area contributed by atoms with Crippen molar-refractivity contribution in [2.75, 3.05) is 13.6 Å². The number of hydrogen-bond donors (Lipinski definition) is 0. The molecule has 1 fully saturated rings. The van der Waals surface area contributed by atoms with Gasteiger partial charge in [-0.2, -0.15) is 0 Å². The molecule has 1 saturated carbocycles. The van der Waals surface area contributed by atoms with Gasteiger partial charge in [0.2, 0.25) is 0 Å². The quantitative estimate of drug-likeness (QED) is 0.443. The van der Waals surface area contributed by atoms with Crippen LogP contribution in [0.4, 0.5) is 0 Å². The zero-order valence-corrected chi connectivity index (χ0v) is 18.0. The van der Waals surface area contributed by atoms with E-state index in [0.717, 1.165) is 19.5 Å². The lowest BCUT2D eigenvalue weighted by molar-refractivity contribution is 0.322. The van der Waals surface area contributed by atoms with Crippen LogP contribution >= 0.6 is 31.9 Å². The van der Waals surface area contributed by atoms with Gasteiger partial charge in [-0.3, -0.25) is 0 Å². The molecule has 134 valence electrons. The van der Waals surface area contributed by atoms with Crippen molar-refractivity contribution < 1.29 is 0 Å². The predicted octanol–water partition coefficient (Wildman–Crippen LogP) is 6.16. The first-order valence-corrected chi connectivity index (χ1v) is 11.0. The van der Waals surface area contributed by atoms with Crippen molar-refractivity contribution in [2.45, 2.75) is 47.8 Å². The molecule has 2 aromatic rings. The number of halogens is 2. The highest BCUT2D eigenvalue weighted by molar-refractivity contribution is 9.12. The molecule has 2 aromatic carbocycles. The van der Waals surface area contributed by atoms with Gasteiger partial charge in [-0.05, 0) is 61.9 Å². The second-order valence-corrected chi connectivity index (χ2v) is 9.62. The number of benzene rings is 2. The van der Waals surface area contributed by atoms with E-state index in [0.29, 0.717) is 15.6 Å². The minimum Gasteiger partial charge on any atom is -0.302 e. The largest absolute Gasteiger partial charge is 0.302 e. The zero-order chi connectivity index (χ0) is 17.6. The predicted molar refractivity (Wildman–Crippen MR) is 115 cm³/mol. The van der Waals surface area contributed by atoms with Crippen LogP contribution in [-0.2, 0) is 13.0 Å². The average molecular weight is 465 g/mol. The van der Waals surface area contributed by atoms with E-state index in [4.69, 9.17) is 0 Å². The number of alkyl halides is 2. The van der Waals surface area contributed by atoms with Crippen LogP contribution < -0.4 is 0 Å². The Morgan fingerprint density at radius 3 is 2.16 bits per heavy atom. The molecule has 25 heavy (non-hydrogen) atoms. The molecule has 0 amide bonds. The highest BCUT2D eigenvalue weighted by atomic mass is 79.9. The fourth-order valence-electron chi connectivity index (χ4n) is 3.69. The zero-order valence-electron chi connectivity index (χ0n) is 14.9. The van der Waals surface area contributed by atoms with Gasteiger partial charge in [0.15, 0.2) is 0 Å². The fraction of sp³-hybridized carbons (Fsp3) is 0.455. The summed E-state index contributed by atoms with van der Waals surface area (Å²) in [4.78, 5) is 3.63. The Morgan fingerprint density at radius 1 is 0.880 bits per heavy atom. The summed E-state index contributed by atoms with van der Waals surface area (Å²) in [5.41, 5.74) is 4.35. The summed E-state index contributed by atoms with van der Waals surface area (Å²) in [5.74, 6) is 0.694. The molecule has 2 atom stereocenters. The molecule has 0 aromatic heterocycles. The van der Waals surface area contributed by atoms with E-state index in [2.05, 4.69) is 98.4 Å². The smallest absolute Gasteiger partial charge is 0.0277 e. The standard InChI is InChI=1S/C22H27Br2N/c1-25(16-18-6-3-2-4-7-18)13-5-8-17-9-11-19(12-10-17)20-14-21(23)22(24)15-20/h2-4,6-7,9-12,20-22H,5,8,13-16H2,1H3. The fourth-order valence-corrected chi connectivity index (χ4v) is 5.03. The third-order valence-electron chi connectivity index (χ3n) is 5.16. The Bertz CT molecular complexity index is 631. The van der Waals surface area contributed by atoms with Crippen LogP contribution in [0.2, 0.25) is 0 Å². The molecule has 0 saturated heterocycles. The summed E-state index contributed by atoms with van der Waals surface area (Å²) in [6, 6.07) is 20.1. The molecule has 2 unspecified atom stereocenters. The first-order chi connectivity index (χ1) is 12.1. The second-order valence-electron chi connectivity index (χ2n) is 7.27. The molecule has 0 bridgehead atoms. The van der Waals surface area contributed by atoms with Crippen molar-refractivity contribution in [2.24, 2.45) is 0 Å². The molecule has 0 radical (unpaired) electrons. The minimum atomic E-state index is 0.609. The van der Waals surface area contributed by atoms with Gasteiger partial charge in [0.05, 0.1) is 0 Å². The summed E-state index contributed by atoms with van der Waals surface area (Å²) >= 11 is 7.55. The molecule has 0 spiro atoms. The molecule has 3 heteroatoms. The molecule has 1 aliphatic rings. The first kappa shape index (κ1) is 19.1. The van der Waals surface area contributed by atoms with E-state index in [-0.39, 0.29) is 0 Å². The van der Waals surface area contributed by atoms with Crippen LogP contribution in [0, 0.1) is 0 Å². The molecule has 0 N–H and O–H groups in total. The number of rotatable bonds is 7. The minimum absolute atomic E-state index is 0.609. The first-order valence-electron chi connectivity index (χ1n) is 9.21. The molecular formula is C22H27Br2N. The van der Waals surface area contributed by atoms with E-state index in [1.165, 1.54) is 36.0 Å². The molecule has 3 rings (SSSR count). The van der Waals surface area contributed by atoms with E-state index < -0.39 is 0 Å². The number of hydrogen-bond acceptors (Lipinski definition) is 1. The lowest BCUT2D eigenvalue weighted by Crippen LogP contribution is -2.19. The summed E-state index contributed by atoms with van der Waals surface area (Å²) < 4.78 is 0. The Morgan fingerprint density at radius 2 is 1.52 bits per heavy atom. The summed E-state index contributed by atoms with van der Waals surface area (Å²) in [5, 5.41) is 0. The Balaban J connectivity index is 1.43. The van der Waals surface area contributed by atoms with Crippen LogP contribution in [0.5, 0.6) is 0 Å². The van der Waals surface area contributed by atoms with Gasteiger partial charge in [0, 0.05) is 16.2 Å². The molecule has 1 aliphatic carbocycles. The number of aryl methyl sites for hydroxylation is 1. The van der Waals surface area contributed by atoms with Gasteiger partial charge in [-0.15, -0.1) is 0 Å².